The van der Waals surface area contributed by atoms with Gasteiger partial charge in [0.05, 0.1) is 19.9 Å². The van der Waals surface area contributed by atoms with E-state index in [1.807, 2.05) is 115 Å². The van der Waals surface area contributed by atoms with E-state index < -0.39 is 22.4 Å². The van der Waals surface area contributed by atoms with Crippen LogP contribution in [0.2, 0.25) is 0 Å². The number of aliphatic imine (C=N–C) groups is 1. The van der Waals surface area contributed by atoms with Gasteiger partial charge in [-0.05, 0) is 39.8 Å². The molecule has 5 nitrogen and oxygen atoms in total. The third kappa shape index (κ3) is 4.86. The molecule has 1 unspecified atom stereocenters. The Morgan fingerprint density at radius 3 is 1.79 bits per heavy atom. The standard InChI is InChI=1S/C32H25NO4S/c1-36-31(34)29-30(32(35)37-2)38(21-26(22-13-5-3-6-14-22)23-15-7-4-8-16-23)28-20-12-10-18-25(28)24-17-9-11-19-27(24)33-29/h3-21H,1-2H3. The van der Waals surface area contributed by atoms with Crippen LogP contribution in [0.3, 0.4) is 0 Å². The fourth-order valence-electron chi connectivity index (χ4n) is 4.36. The molecule has 188 valence electrons. The van der Waals surface area contributed by atoms with E-state index >= 15 is 0 Å². The van der Waals surface area contributed by atoms with Crippen LogP contribution in [0.1, 0.15) is 11.1 Å². The molecule has 1 aliphatic rings. The maximum atomic E-state index is 13.5. The molecule has 0 fully saturated rings. The molecule has 0 saturated carbocycles. The number of methoxy groups -OCH3 is 2. The van der Waals surface area contributed by atoms with Crippen LogP contribution in [0.25, 0.3) is 16.7 Å². The van der Waals surface area contributed by atoms with E-state index in [0.29, 0.717) is 5.69 Å². The van der Waals surface area contributed by atoms with Gasteiger partial charge in [-0.3, -0.25) is 0 Å². The Bertz CT molecular complexity index is 1560. The summed E-state index contributed by atoms with van der Waals surface area (Å²) in [5.41, 5.74) is 5.17. The van der Waals surface area contributed by atoms with Crippen molar-refractivity contribution < 1.29 is 19.1 Å². The van der Waals surface area contributed by atoms with Crippen LogP contribution in [0.15, 0.2) is 124 Å². The van der Waals surface area contributed by atoms with E-state index in [0.717, 1.165) is 32.7 Å². The normalized spacial score (nSPS) is 15.1. The van der Waals surface area contributed by atoms with Gasteiger partial charge in [-0.2, -0.15) is 0 Å². The summed E-state index contributed by atoms with van der Waals surface area (Å²) >= 11 is 0. The van der Waals surface area contributed by atoms with Crippen LogP contribution in [0.5, 0.6) is 0 Å². The van der Waals surface area contributed by atoms with Gasteiger partial charge in [0, 0.05) is 10.5 Å². The van der Waals surface area contributed by atoms with E-state index in [1.165, 1.54) is 14.2 Å². The average Bonchev–Trinajstić information content (AvgIpc) is 2.98. The Morgan fingerprint density at radius 2 is 1.18 bits per heavy atom. The second-order valence-electron chi connectivity index (χ2n) is 8.39. The number of rotatable bonds is 5. The molecule has 38 heavy (non-hydrogen) atoms. The van der Waals surface area contributed by atoms with Crippen molar-refractivity contribution in [3.8, 4) is 11.1 Å². The third-order valence-corrected chi connectivity index (χ3v) is 8.24. The Morgan fingerprint density at radius 1 is 0.658 bits per heavy atom. The second kappa shape index (κ2) is 11.2. The van der Waals surface area contributed by atoms with E-state index in [-0.39, 0.29) is 10.6 Å². The molecule has 0 aliphatic carbocycles. The average molecular weight is 520 g/mol. The number of hydrogen-bond donors (Lipinski definition) is 0. The summed E-state index contributed by atoms with van der Waals surface area (Å²) in [4.78, 5) is 32.4. The topological polar surface area (TPSA) is 65.0 Å². The first kappa shape index (κ1) is 25.1. The van der Waals surface area contributed by atoms with Crippen molar-refractivity contribution in [3.63, 3.8) is 0 Å². The minimum atomic E-state index is -1.06. The number of nitrogens with zero attached hydrogens (tertiary/aromatic N) is 1. The zero-order valence-corrected chi connectivity index (χ0v) is 21.8. The first-order valence-corrected chi connectivity index (χ1v) is 13.3. The summed E-state index contributed by atoms with van der Waals surface area (Å²) in [7, 11) is 1.53. The van der Waals surface area contributed by atoms with E-state index in [9.17, 15) is 9.59 Å². The van der Waals surface area contributed by atoms with Gasteiger partial charge in [0.1, 0.15) is 4.86 Å². The summed E-state index contributed by atoms with van der Waals surface area (Å²) in [6, 6.07) is 35.4. The molecular weight excluding hydrogens is 494 g/mol. The fraction of sp³-hybridized carbons (Fsp3) is 0.0625. The SMILES string of the molecule is COC(=O)C1=Nc2ccccc2-c2ccccc2/S(C=C(c2ccccc2)c2ccccc2)=C/1C(=O)OC. The lowest BCUT2D eigenvalue weighted by molar-refractivity contribution is -0.134. The molecule has 0 saturated heterocycles. The number of hydrogen-bond acceptors (Lipinski definition) is 5. The van der Waals surface area contributed by atoms with Crippen LogP contribution in [-0.2, 0) is 19.1 Å². The minimum Gasteiger partial charge on any atom is -0.465 e. The molecule has 0 amide bonds. The molecule has 4 aromatic rings. The molecule has 1 atom stereocenters. The van der Waals surface area contributed by atoms with Gasteiger partial charge in [-0.15, -0.1) is 10.5 Å². The molecule has 1 heterocycles. The van der Waals surface area contributed by atoms with Gasteiger partial charge < -0.3 is 9.47 Å². The molecule has 4 aromatic carbocycles. The highest BCUT2D eigenvalue weighted by Crippen LogP contribution is 2.45. The van der Waals surface area contributed by atoms with Crippen molar-refractivity contribution in [1.29, 1.82) is 0 Å². The fourth-order valence-corrected chi connectivity index (χ4v) is 6.57. The lowest BCUT2D eigenvalue weighted by Crippen LogP contribution is -2.33. The van der Waals surface area contributed by atoms with Crippen LogP contribution < -0.4 is 0 Å². The Labute approximate surface area is 224 Å². The second-order valence-corrected chi connectivity index (χ2v) is 10.1. The summed E-state index contributed by atoms with van der Waals surface area (Å²) in [6.45, 7) is 0. The molecule has 0 radical (unpaired) electrons. The molecule has 5 rings (SSSR count). The van der Waals surface area contributed by atoms with Crippen LogP contribution in [0, 0.1) is 0 Å². The zero-order chi connectivity index (χ0) is 26.5. The Balaban J connectivity index is 1.95. The van der Waals surface area contributed by atoms with Crippen LogP contribution in [-0.4, -0.2) is 36.7 Å². The van der Waals surface area contributed by atoms with E-state index in [4.69, 9.17) is 14.5 Å². The van der Waals surface area contributed by atoms with Crippen molar-refractivity contribution in [2.75, 3.05) is 14.2 Å². The third-order valence-electron chi connectivity index (χ3n) is 6.14. The first-order chi connectivity index (χ1) is 18.6. The van der Waals surface area contributed by atoms with Gasteiger partial charge >= 0.3 is 11.9 Å². The predicted octanol–water partition coefficient (Wildman–Crippen LogP) is 6.68. The molecule has 1 aliphatic heterocycles. The van der Waals surface area contributed by atoms with Gasteiger partial charge in [-0.25, -0.2) is 14.6 Å². The van der Waals surface area contributed by atoms with E-state index in [2.05, 4.69) is 0 Å². The van der Waals surface area contributed by atoms with Crippen molar-refractivity contribution in [2.45, 2.75) is 4.90 Å². The molecule has 0 spiro atoms. The monoisotopic (exact) mass is 519 g/mol. The largest absolute Gasteiger partial charge is 0.465 e. The quantitative estimate of drug-likeness (QED) is 0.218. The Hall–Kier alpha value is -4.55. The number of carbonyl (C=O) groups excluding carboxylic acids is 2. The van der Waals surface area contributed by atoms with Gasteiger partial charge in [-0.1, -0.05) is 97.1 Å². The molecule has 0 aromatic heterocycles. The lowest BCUT2D eigenvalue weighted by Gasteiger charge is -2.22. The number of fused-ring (bicyclic) bond motifs is 3. The molecule has 6 heteroatoms. The zero-order valence-electron chi connectivity index (χ0n) is 21.0. The van der Waals surface area contributed by atoms with Crippen LogP contribution >= 0.6 is 10.5 Å². The van der Waals surface area contributed by atoms with Crippen molar-refractivity contribution in [2.24, 2.45) is 4.99 Å². The molecule has 0 N–H and O–H groups in total. The maximum Gasteiger partial charge on any atom is 0.358 e. The highest BCUT2D eigenvalue weighted by molar-refractivity contribution is 8.20. The Kier molecular flexibility index (Phi) is 7.43. The molecule has 0 bridgehead atoms. The number of para-hydroxylation sites is 1. The van der Waals surface area contributed by atoms with Gasteiger partial charge in [0.25, 0.3) is 0 Å². The van der Waals surface area contributed by atoms with Gasteiger partial charge in [0.2, 0.25) is 0 Å². The van der Waals surface area contributed by atoms with Gasteiger partial charge in [0.15, 0.2) is 5.71 Å². The predicted molar refractivity (Wildman–Crippen MR) is 154 cm³/mol. The van der Waals surface area contributed by atoms with Crippen molar-refractivity contribution >= 4 is 44.3 Å². The highest BCUT2D eigenvalue weighted by atomic mass is 32.2. The maximum absolute atomic E-state index is 13.5. The summed E-state index contributed by atoms with van der Waals surface area (Å²) in [5, 5.41) is 2.04. The summed E-state index contributed by atoms with van der Waals surface area (Å²) in [5.74, 6) is -1.34. The van der Waals surface area contributed by atoms with E-state index in [1.54, 1.807) is 0 Å². The highest BCUT2D eigenvalue weighted by Gasteiger charge is 2.31. The minimum absolute atomic E-state index is 0.0682. The number of esters is 2. The van der Waals surface area contributed by atoms with Crippen molar-refractivity contribution in [1.82, 2.24) is 0 Å². The lowest BCUT2D eigenvalue weighted by atomic mass is 10.00. The number of benzene rings is 4. The number of ether oxygens (including phenoxy) is 2. The summed E-state index contributed by atoms with van der Waals surface area (Å²) in [6.07, 6.45) is 0. The summed E-state index contributed by atoms with van der Waals surface area (Å²) < 4.78 is 10.4. The smallest absolute Gasteiger partial charge is 0.358 e. The van der Waals surface area contributed by atoms with Crippen LogP contribution in [0.4, 0.5) is 5.69 Å². The van der Waals surface area contributed by atoms with Crippen molar-refractivity contribution in [3.05, 3.63) is 126 Å². The molecular formula is C32H25NO4S. The first-order valence-electron chi connectivity index (χ1n) is 12.0. The number of carbonyl (C=O) groups is 2.